The largest absolute Gasteiger partial charge is 0.466 e. The fourth-order valence-electron chi connectivity index (χ4n) is 2.79. The van der Waals surface area contributed by atoms with Crippen LogP contribution in [-0.2, 0) is 31.1 Å². The van der Waals surface area contributed by atoms with Crippen LogP contribution in [0.2, 0.25) is 0 Å². The fourth-order valence-corrected chi connectivity index (χ4v) is 2.79. The number of Topliss-reactive ketones (excluding diaryl/α,β-unsaturated/α-hetero) is 1. The summed E-state index contributed by atoms with van der Waals surface area (Å²) in [7, 11) is 0. The summed E-state index contributed by atoms with van der Waals surface area (Å²) in [6.07, 6.45) is 3.70. The third-order valence-electron chi connectivity index (χ3n) is 4.28. The molecule has 1 aliphatic heterocycles. The molecule has 0 amide bonds. The number of carbonyl (C=O) groups is 2. The third kappa shape index (κ3) is 12.5. The molecule has 8 heteroatoms. The highest BCUT2D eigenvalue weighted by molar-refractivity contribution is 8.67. The third-order valence-corrected chi connectivity index (χ3v) is 4.28. The second kappa shape index (κ2) is 13.6. The van der Waals surface area contributed by atoms with Crippen LogP contribution in [0.3, 0.4) is 0 Å². The summed E-state index contributed by atoms with van der Waals surface area (Å²) in [5, 5.41) is 0. The Labute approximate surface area is 175 Å². The van der Waals surface area contributed by atoms with Crippen molar-refractivity contribution in [3.63, 3.8) is 0 Å². The van der Waals surface area contributed by atoms with Crippen LogP contribution in [0.1, 0.15) is 66.7 Å². The summed E-state index contributed by atoms with van der Waals surface area (Å²) in [4.78, 5) is 26.5. The summed E-state index contributed by atoms with van der Waals surface area (Å²) in [5.41, 5.74) is 0.738. The lowest BCUT2D eigenvalue weighted by atomic mass is 9.76. The van der Waals surface area contributed by atoms with E-state index < -0.39 is 6.20 Å². The van der Waals surface area contributed by atoms with Crippen LogP contribution in [0.4, 0.5) is 0 Å². The lowest BCUT2D eigenvalue weighted by molar-refractivity contribution is -0.144. The van der Waals surface area contributed by atoms with E-state index in [0.29, 0.717) is 12.5 Å². The Kier molecular flexibility index (Phi) is 13.4. The maximum Gasteiger partial charge on any atom is 0.306 e. The molecule has 5 nitrogen and oxygen atoms in total. The molecular formula is C19H34NO4PS2. The molecule has 1 heterocycles. The maximum absolute atomic E-state index is 12.6. The molecule has 27 heavy (non-hydrogen) atoms. The van der Waals surface area contributed by atoms with E-state index in [1.807, 2.05) is 6.20 Å². The van der Waals surface area contributed by atoms with Crippen molar-refractivity contribution in [2.24, 2.45) is 11.3 Å². The zero-order valence-corrected chi connectivity index (χ0v) is 19.8. The van der Waals surface area contributed by atoms with Gasteiger partial charge in [-0.3, -0.25) is 9.59 Å². The van der Waals surface area contributed by atoms with Crippen molar-refractivity contribution in [1.29, 1.82) is 0 Å². The van der Waals surface area contributed by atoms with Gasteiger partial charge in [0, 0.05) is 31.3 Å². The van der Waals surface area contributed by atoms with Crippen molar-refractivity contribution in [3.8, 4) is 0 Å². The average Bonchev–Trinajstić information content (AvgIpc) is 2.53. The first-order chi connectivity index (χ1) is 12.5. The Morgan fingerprint density at radius 3 is 2.48 bits per heavy atom. The minimum Gasteiger partial charge on any atom is -0.466 e. The standard InChI is InChI=1S/C19H33NO3.HOPS2/c1-6-7-12-23-18(22)9-8-17(21)16-14-20(13-15(2)3)11-10-19(16,4)5;1-2(3)4/h14-15H,6-13H2,1-5H3;(H,1,3,4). The number of hydrogen-bond donors (Lipinski definition) is 1. The minimum absolute atomic E-state index is 0.0795. The number of thiol groups is 1. The Hall–Kier alpha value is -0.520. The molecule has 0 N–H and O–H groups in total. The number of rotatable bonds is 9. The highest BCUT2D eigenvalue weighted by Crippen LogP contribution is 2.36. The second-order valence-electron chi connectivity index (χ2n) is 7.80. The van der Waals surface area contributed by atoms with Gasteiger partial charge in [-0.2, -0.15) is 0 Å². The quantitative estimate of drug-likeness (QED) is 0.179. The zero-order chi connectivity index (χ0) is 21.0. The van der Waals surface area contributed by atoms with Gasteiger partial charge >= 0.3 is 5.97 Å². The van der Waals surface area contributed by atoms with Gasteiger partial charge in [0.1, 0.15) is 0 Å². The molecule has 1 rings (SSSR count). The number of ketones is 1. The predicted molar refractivity (Wildman–Crippen MR) is 117 cm³/mol. The molecule has 0 bridgehead atoms. The van der Waals surface area contributed by atoms with Crippen LogP contribution < -0.4 is 0 Å². The van der Waals surface area contributed by atoms with Gasteiger partial charge in [0.15, 0.2) is 5.78 Å². The van der Waals surface area contributed by atoms with Gasteiger partial charge in [0.25, 0.3) is 6.20 Å². The molecular weight excluding hydrogens is 401 g/mol. The molecule has 156 valence electrons. The van der Waals surface area contributed by atoms with Crippen molar-refractivity contribution >= 4 is 42.5 Å². The molecule has 0 aromatic heterocycles. The first-order valence-electron chi connectivity index (χ1n) is 9.48. The molecule has 0 aliphatic carbocycles. The van der Waals surface area contributed by atoms with E-state index in [9.17, 15) is 14.2 Å². The number of hydrogen-bond acceptors (Lipinski definition) is 6. The number of carbonyl (C=O) groups excluding carboxylic acids is 2. The molecule has 1 atom stereocenters. The van der Waals surface area contributed by atoms with Gasteiger partial charge < -0.3 is 21.9 Å². The van der Waals surface area contributed by atoms with Crippen molar-refractivity contribution in [1.82, 2.24) is 4.90 Å². The van der Waals surface area contributed by atoms with Crippen molar-refractivity contribution in [2.45, 2.75) is 66.7 Å². The van der Waals surface area contributed by atoms with Crippen LogP contribution in [-0.4, -0.2) is 36.3 Å². The van der Waals surface area contributed by atoms with Crippen LogP contribution >= 0.6 is 18.5 Å². The Balaban J connectivity index is 0.00000153. The Morgan fingerprint density at radius 1 is 1.37 bits per heavy atom. The summed E-state index contributed by atoms with van der Waals surface area (Å²) in [6.45, 7) is 13.1. The summed E-state index contributed by atoms with van der Waals surface area (Å²) in [5.74, 6) is 0.383. The summed E-state index contributed by atoms with van der Waals surface area (Å²) >= 11 is 7.28. The van der Waals surface area contributed by atoms with Crippen LogP contribution in [0.5, 0.6) is 0 Å². The van der Waals surface area contributed by atoms with Gasteiger partial charge in [0.2, 0.25) is 0 Å². The number of allylic oxidation sites excluding steroid dienone is 1. The van der Waals surface area contributed by atoms with E-state index in [2.05, 4.69) is 64.0 Å². The first-order valence-corrected chi connectivity index (χ1v) is 12.9. The highest BCUT2D eigenvalue weighted by Gasteiger charge is 2.32. The maximum atomic E-state index is 12.6. The highest BCUT2D eigenvalue weighted by atomic mass is 33.0. The lowest BCUT2D eigenvalue weighted by Gasteiger charge is -2.37. The molecule has 0 fully saturated rings. The van der Waals surface area contributed by atoms with E-state index in [0.717, 1.165) is 37.9 Å². The van der Waals surface area contributed by atoms with E-state index in [-0.39, 0.29) is 30.0 Å². The minimum atomic E-state index is -1.59. The number of ether oxygens (including phenoxy) is 1. The van der Waals surface area contributed by atoms with Crippen molar-refractivity contribution < 1.29 is 18.9 Å². The zero-order valence-electron chi connectivity index (χ0n) is 17.2. The van der Waals surface area contributed by atoms with Gasteiger partial charge in [-0.1, -0.05) is 45.6 Å². The first kappa shape index (κ1) is 26.5. The molecule has 0 saturated heterocycles. The fraction of sp³-hybridized carbons (Fsp3) is 0.789. The molecule has 0 radical (unpaired) electrons. The molecule has 0 saturated carbocycles. The Bertz CT molecular complexity index is 532. The predicted octanol–water partition coefficient (Wildman–Crippen LogP) is 5.07. The lowest BCUT2D eigenvalue weighted by Crippen LogP contribution is -2.36. The molecule has 0 aromatic rings. The summed E-state index contributed by atoms with van der Waals surface area (Å²) in [6, 6.07) is 0. The van der Waals surface area contributed by atoms with Gasteiger partial charge in [-0.25, -0.2) is 0 Å². The topological polar surface area (TPSA) is 63.7 Å². The molecule has 0 aromatic carbocycles. The normalized spacial score (nSPS) is 16.2. The summed E-state index contributed by atoms with van der Waals surface area (Å²) < 4.78 is 14.4. The van der Waals surface area contributed by atoms with Gasteiger partial charge in [-0.05, 0) is 24.2 Å². The Morgan fingerprint density at radius 2 is 1.96 bits per heavy atom. The number of esters is 1. The van der Waals surface area contributed by atoms with Gasteiger partial charge in [-0.15, -0.1) is 0 Å². The van der Waals surface area contributed by atoms with E-state index in [1.54, 1.807) is 0 Å². The van der Waals surface area contributed by atoms with Gasteiger partial charge in [0.05, 0.1) is 25.3 Å². The number of unbranched alkanes of at least 4 members (excludes halogenated alkanes) is 1. The smallest absolute Gasteiger partial charge is 0.306 e. The average molecular weight is 436 g/mol. The van der Waals surface area contributed by atoms with Crippen LogP contribution in [0.25, 0.3) is 0 Å². The van der Waals surface area contributed by atoms with E-state index >= 15 is 0 Å². The van der Waals surface area contributed by atoms with E-state index in [4.69, 9.17) is 4.74 Å². The molecule has 1 unspecified atom stereocenters. The van der Waals surface area contributed by atoms with Crippen LogP contribution in [0.15, 0.2) is 11.8 Å². The molecule has 0 spiro atoms. The molecule has 1 aliphatic rings. The number of nitrogens with zero attached hydrogens (tertiary/aromatic N) is 1. The van der Waals surface area contributed by atoms with Crippen LogP contribution in [0, 0.1) is 11.3 Å². The van der Waals surface area contributed by atoms with Crippen molar-refractivity contribution in [2.75, 3.05) is 19.7 Å². The second-order valence-corrected chi connectivity index (χ2v) is 11.2. The van der Waals surface area contributed by atoms with E-state index in [1.165, 1.54) is 0 Å². The monoisotopic (exact) mass is 435 g/mol. The SMILES string of the molecule is CCCCOC(=O)CCC(=O)C1=CN(CC(C)C)CCC1(C)C.O=[P+]([S-])S. The van der Waals surface area contributed by atoms with Crippen molar-refractivity contribution in [3.05, 3.63) is 11.8 Å².